The lowest BCUT2D eigenvalue weighted by molar-refractivity contribution is -0.141. The zero-order valence-corrected chi connectivity index (χ0v) is 10.0. The predicted molar refractivity (Wildman–Crippen MR) is 59.7 cm³/mol. The van der Waals surface area contributed by atoms with Gasteiger partial charge >= 0.3 is 12.0 Å². The molecule has 1 rings (SSSR count). The van der Waals surface area contributed by atoms with Gasteiger partial charge in [0.1, 0.15) is 0 Å². The van der Waals surface area contributed by atoms with Crippen LogP contribution in [0.1, 0.15) is 18.4 Å². The molecule has 0 aliphatic rings. The van der Waals surface area contributed by atoms with Crippen molar-refractivity contribution in [2.24, 2.45) is 0 Å². The summed E-state index contributed by atoms with van der Waals surface area (Å²) in [6.07, 6.45) is -1.19. The largest absolute Gasteiger partial charge is 0.480 e. The van der Waals surface area contributed by atoms with Crippen LogP contribution < -0.4 is 10.6 Å². The molecule has 1 aromatic rings. The summed E-state index contributed by atoms with van der Waals surface area (Å²) in [7, 11) is 0. The van der Waals surface area contributed by atoms with E-state index < -0.39 is 24.1 Å². The number of amides is 2. The molecule has 2 amide bonds. The molecule has 4 N–H and O–H groups in total. The van der Waals surface area contributed by atoms with Gasteiger partial charge in [0.25, 0.3) is 0 Å². The Morgan fingerprint density at radius 3 is 2.67 bits per heavy atom. The molecular formula is C10H15N3O5. The maximum Gasteiger partial charge on any atom is 0.328 e. The van der Waals surface area contributed by atoms with Gasteiger partial charge in [-0.3, -0.25) is 0 Å². The van der Waals surface area contributed by atoms with Crippen LogP contribution in [0.5, 0.6) is 0 Å². The van der Waals surface area contributed by atoms with Gasteiger partial charge in [0.05, 0.1) is 18.3 Å². The highest BCUT2D eigenvalue weighted by Gasteiger charge is 2.24. The van der Waals surface area contributed by atoms with Crippen molar-refractivity contribution in [1.82, 2.24) is 15.8 Å². The predicted octanol–water partition coefficient (Wildman–Crippen LogP) is -0.384. The third kappa shape index (κ3) is 4.06. The fraction of sp³-hybridized carbons (Fsp3) is 0.500. The minimum atomic E-state index is -1.36. The number of aliphatic hydroxyl groups excluding tert-OH is 1. The average Bonchev–Trinajstić information content (AvgIpc) is 2.68. The van der Waals surface area contributed by atoms with Crippen molar-refractivity contribution in [3.63, 3.8) is 0 Å². The quantitative estimate of drug-likeness (QED) is 0.569. The molecule has 2 atom stereocenters. The third-order valence-electron chi connectivity index (χ3n) is 2.13. The summed E-state index contributed by atoms with van der Waals surface area (Å²) in [6.45, 7) is 3.10. The van der Waals surface area contributed by atoms with Crippen LogP contribution in [-0.4, -0.2) is 39.5 Å². The first-order valence-corrected chi connectivity index (χ1v) is 5.27. The molecule has 0 bridgehead atoms. The molecule has 18 heavy (non-hydrogen) atoms. The van der Waals surface area contributed by atoms with Crippen LogP contribution in [0, 0.1) is 6.92 Å². The molecule has 1 heterocycles. The van der Waals surface area contributed by atoms with Crippen LogP contribution in [0.2, 0.25) is 0 Å². The molecule has 0 aliphatic heterocycles. The molecule has 2 unspecified atom stereocenters. The van der Waals surface area contributed by atoms with Gasteiger partial charge in [-0.2, -0.15) is 0 Å². The van der Waals surface area contributed by atoms with Crippen molar-refractivity contribution in [3.8, 4) is 0 Å². The summed E-state index contributed by atoms with van der Waals surface area (Å²) in [5, 5.41) is 26.1. The molecule has 8 nitrogen and oxygen atoms in total. The Morgan fingerprint density at radius 2 is 2.22 bits per heavy atom. The molecular weight excluding hydrogens is 242 g/mol. The summed E-state index contributed by atoms with van der Waals surface area (Å²) in [6, 6.07) is -0.428. The van der Waals surface area contributed by atoms with E-state index in [1.165, 1.54) is 6.92 Å². The second-order valence-corrected chi connectivity index (χ2v) is 3.82. The van der Waals surface area contributed by atoms with Crippen LogP contribution in [-0.2, 0) is 11.3 Å². The Morgan fingerprint density at radius 1 is 1.56 bits per heavy atom. The van der Waals surface area contributed by atoms with Crippen molar-refractivity contribution >= 4 is 12.0 Å². The van der Waals surface area contributed by atoms with Crippen LogP contribution in [0.15, 0.2) is 10.6 Å². The van der Waals surface area contributed by atoms with Crippen molar-refractivity contribution < 1.29 is 24.3 Å². The van der Waals surface area contributed by atoms with E-state index in [4.69, 9.17) is 14.7 Å². The number of aliphatic carboxylic acids is 1. The summed E-state index contributed by atoms with van der Waals surface area (Å²) in [4.78, 5) is 22.1. The number of hydrogen-bond acceptors (Lipinski definition) is 5. The van der Waals surface area contributed by atoms with E-state index in [1.807, 2.05) is 0 Å². The monoisotopic (exact) mass is 257 g/mol. The van der Waals surface area contributed by atoms with E-state index in [0.717, 1.165) is 0 Å². The molecule has 0 aromatic carbocycles. The molecule has 0 radical (unpaired) electrons. The first kappa shape index (κ1) is 14.0. The Bertz CT molecular complexity index is 429. The molecule has 0 saturated carbocycles. The Kier molecular flexibility index (Phi) is 4.67. The summed E-state index contributed by atoms with van der Waals surface area (Å²) >= 11 is 0. The van der Waals surface area contributed by atoms with Crippen molar-refractivity contribution in [1.29, 1.82) is 0 Å². The number of nitrogens with zero attached hydrogens (tertiary/aromatic N) is 1. The fourth-order valence-corrected chi connectivity index (χ4v) is 1.25. The maximum atomic E-state index is 11.4. The van der Waals surface area contributed by atoms with E-state index in [0.29, 0.717) is 11.5 Å². The Balaban J connectivity index is 2.43. The van der Waals surface area contributed by atoms with Gasteiger partial charge in [0.15, 0.2) is 11.8 Å². The lowest BCUT2D eigenvalue weighted by Crippen LogP contribution is -2.50. The molecule has 0 fully saturated rings. The standard InChI is InChI=1S/C10H15N3O5/c1-5-3-7(18-13-5)4-11-10(17)12-8(6(2)14)9(15)16/h3,6,8,14H,4H2,1-2H3,(H,15,16)(H2,11,12,17). The van der Waals surface area contributed by atoms with Crippen LogP contribution in [0.25, 0.3) is 0 Å². The van der Waals surface area contributed by atoms with Gasteiger partial charge in [-0.1, -0.05) is 5.16 Å². The van der Waals surface area contributed by atoms with Crippen molar-refractivity contribution in [2.45, 2.75) is 32.5 Å². The number of rotatable bonds is 5. The first-order valence-electron chi connectivity index (χ1n) is 5.27. The Labute approximate surface area is 103 Å². The highest BCUT2D eigenvalue weighted by molar-refractivity contribution is 5.82. The number of carbonyl (C=O) groups is 2. The highest BCUT2D eigenvalue weighted by Crippen LogP contribution is 2.01. The minimum absolute atomic E-state index is 0.0822. The summed E-state index contributed by atoms with van der Waals surface area (Å²) in [5.74, 6) is -0.859. The second kappa shape index (κ2) is 6.01. The topological polar surface area (TPSA) is 125 Å². The zero-order valence-electron chi connectivity index (χ0n) is 10.0. The van der Waals surface area contributed by atoms with Crippen molar-refractivity contribution in [3.05, 3.63) is 17.5 Å². The Hall–Kier alpha value is -2.09. The van der Waals surface area contributed by atoms with Gasteiger partial charge in [0.2, 0.25) is 0 Å². The van der Waals surface area contributed by atoms with Gasteiger partial charge in [-0.25, -0.2) is 9.59 Å². The molecule has 100 valence electrons. The maximum absolute atomic E-state index is 11.4. The summed E-state index contributed by atoms with van der Waals surface area (Å²) in [5.41, 5.74) is 0.680. The normalized spacial score (nSPS) is 13.7. The lowest BCUT2D eigenvalue weighted by Gasteiger charge is -2.16. The first-order chi connectivity index (χ1) is 8.40. The van der Waals surface area contributed by atoms with Gasteiger partial charge < -0.3 is 25.4 Å². The van der Waals surface area contributed by atoms with Gasteiger partial charge in [-0.15, -0.1) is 0 Å². The molecule has 0 saturated heterocycles. The number of aromatic nitrogens is 1. The average molecular weight is 257 g/mol. The number of aryl methyl sites for hydroxylation is 1. The van der Waals surface area contributed by atoms with E-state index in [9.17, 15) is 9.59 Å². The minimum Gasteiger partial charge on any atom is -0.480 e. The SMILES string of the molecule is Cc1cc(CNC(=O)NC(C(=O)O)C(C)O)on1. The van der Waals surface area contributed by atoms with Gasteiger partial charge in [-0.05, 0) is 13.8 Å². The van der Waals surface area contributed by atoms with Crippen LogP contribution >= 0.6 is 0 Å². The van der Waals surface area contributed by atoms with Crippen LogP contribution in [0.3, 0.4) is 0 Å². The number of carbonyl (C=O) groups excluding carboxylic acids is 1. The number of nitrogens with one attached hydrogen (secondary N) is 2. The summed E-state index contributed by atoms with van der Waals surface area (Å²) < 4.78 is 4.86. The van der Waals surface area contributed by atoms with E-state index in [2.05, 4.69) is 15.8 Å². The van der Waals surface area contributed by atoms with E-state index in [-0.39, 0.29) is 6.54 Å². The number of hydrogen-bond donors (Lipinski definition) is 4. The molecule has 0 spiro atoms. The number of urea groups is 1. The lowest BCUT2D eigenvalue weighted by atomic mass is 10.2. The molecule has 8 heteroatoms. The second-order valence-electron chi connectivity index (χ2n) is 3.82. The number of aliphatic hydroxyl groups is 1. The number of carboxylic acids is 1. The molecule has 1 aromatic heterocycles. The van der Waals surface area contributed by atoms with Crippen LogP contribution in [0.4, 0.5) is 4.79 Å². The van der Waals surface area contributed by atoms with E-state index >= 15 is 0 Å². The highest BCUT2D eigenvalue weighted by atomic mass is 16.5. The van der Waals surface area contributed by atoms with Crippen molar-refractivity contribution in [2.75, 3.05) is 0 Å². The third-order valence-corrected chi connectivity index (χ3v) is 2.13. The van der Waals surface area contributed by atoms with Gasteiger partial charge in [0, 0.05) is 6.07 Å². The smallest absolute Gasteiger partial charge is 0.328 e. The molecule has 0 aliphatic carbocycles. The zero-order chi connectivity index (χ0) is 13.7. The van der Waals surface area contributed by atoms with E-state index in [1.54, 1.807) is 13.0 Å². The number of carboxylic acid groups (broad SMARTS) is 1. The fourth-order valence-electron chi connectivity index (χ4n) is 1.25.